The molecule has 0 saturated heterocycles. The van der Waals surface area contributed by atoms with Crippen molar-refractivity contribution >= 4 is 5.91 Å². The second-order valence-corrected chi connectivity index (χ2v) is 4.59. The van der Waals surface area contributed by atoms with Gasteiger partial charge in [-0.25, -0.2) is 5.43 Å². The average Bonchev–Trinajstić information content (AvgIpc) is 2.58. The second-order valence-electron chi connectivity index (χ2n) is 4.59. The first-order chi connectivity index (χ1) is 10.8. The lowest BCUT2D eigenvalue weighted by Crippen LogP contribution is -2.37. The van der Waals surface area contributed by atoms with E-state index in [-0.39, 0.29) is 5.91 Å². The Morgan fingerprint density at radius 2 is 1.82 bits per heavy atom. The van der Waals surface area contributed by atoms with E-state index in [4.69, 9.17) is 10.00 Å². The van der Waals surface area contributed by atoms with Gasteiger partial charge in [0.25, 0.3) is 5.91 Å². The molecule has 0 bridgehead atoms. The predicted molar refractivity (Wildman–Crippen MR) is 82.9 cm³/mol. The molecule has 2 N–H and O–H groups in total. The quantitative estimate of drug-likeness (QED) is 0.607. The Morgan fingerprint density at radius 3 is 2.50 bits per heavy atom. The minimum absolute atomic E-state index is 0.243. The number of rotatable bonds is 7. The average molecular weight is 295 g/mol. The highest BCUT2D eigenvalue weighted by molar-refractivity contribution is 5.93. The highest BCUT2D eigenvalue weighted by Crippen LogP contribution is 2.14. The second kappa shape index (κ2) is 8.45. The van der Waals surface area contributed by atoms with Crippen LogP contribution in [0.5, 0.6) is 5.75 Å². The molecule has 0 saturated carbocycles. The number of nitriles is 1. The Labute approximate surface area is 129 Å². The van der Waals surface area contributed by atoms with Crippen molar-refractivity contribution in [2.24, 2.45) is 0 Å². The lowest BCUT2D eigenvalue weighted by atomic mass is 10.2. The summed E-state index contributed by atoms with van der Waals surface area (Å²) in [6.45, 7) is 0.905. The van der Waals surface area contributed by atoms with Crippen LogP contribution >= 0.6 is 0 Å². The van der Waals surface area contributed by atoms with Crippen LogP contribution in [0.2, 0.25) is 0 Å². The molecular weight excluding hydrogens is 278 g/mol. The van der Waals surface area contributed by atoms with Gasteiger partial charge in [-0.1, -0.05) is 30.3 Å². The first-order valence-electron chi connectivity index (χ1n) is 6.96. The molecule has 2 rings (SSSR count). The van der Waals surface area contributed by atoms with E-state index in [2.05, 4.69) is 10.9 Å². The largest absolute Gasteiger partial charge is 0.489 e. The molecule has 2 aromatic carbocycles. The smallest absolute Gasteiger partial charge is 0.265 e. The van der Waals surface area contributed by atoms with Gasteiger partial charge in [0.05, 0.1) is 6.07 Å². The highest BCUT2D eigenvalue weighted by atomic mass is 16.5. The van der Waals surface area contributed by atoms with Crippen molar-refractivity contribution in [2.75, 3.05) is 6.54 Å². The number of benzene rings is 2. The van der Waals surface area contributed by atoms with Crippen molar-refractivity contribution in [3.8, 4) is 11.8 Å². The highest BCUT2D eigenvalue weighted by Gasteiger charge is 2.04. The summed E-state index contributed by atoms with van der Waals surface area (Å²) >= 11 is 0. The van der Waals surface area contributed by atoms with Crippen LogP contribution in [0.25, 0.3) is 0 Å². The fourth-order valence-electron chi connectivity index (χ4n) is 1.78. The summed E-state index contributed by atoms with van der Waals surface area (Å²) in [5, 5.41) is 8.40. The molecule has 1 amide bonds. The number of carbonyl (C=O) groups excluding carboxylic acids is 1. The summed E-state index contributed by atoms with van der Waals surface area (Å²) in [5.41, 5.74) is 6.84. The van der Waals surface area contributed by atoms with Crippen molar-refractivity contribution in [3.05, 3.63) is 65.7 Å². The first-order valence-corrected chi connectivity index (χ1v) is 6.96. The maximum absolute atomic E-state index is 11.8. The molecule has 0 atom stereocenters. The van der Waals surface area contributed by atoms with Crippen LogP contribution in [0, 0.1) is 11.3 Å². The number of hydrazine groups is 1. The molecule has 0 spiro atoms. The molecule has 0 aliphatic heterocycles. The molecule has 5 nitrogen and oxygen atoms in total. The normalized spacial score (nSPS) is 9.77. The number of nitrogens with zero attached hydrogens (tertiary/aromatic N) is 1. The summed E-state index contributed by atoms with van der Waals surface area (Å²) in [7, 11) is 0. The monoisotopic (exact) mass is 295 g/mol. The maximum Gasteiger partial charge on any atom is 0.265 e. The van der Waals surface area contributed by atoms with E-state index in [0.717, 1.165) is 5.56 Å². The molecule has 0 unspecified atom stereocenters. The number of carbonyl (C=O) groups is 1. The van der Waals surface area contributed by atoms with Gasteiger partial charge >= 0.3 is 0 Å². The van der Waals surface area contributed by atoms with Crippen molar-refractivity contribution in [3.63, 3.8) is 0 Å². The Morgan fingerprint density at radius 1 is 1.09 bits per heavy atom. The van der Waals surface area contributed by atoms with E-state index in [1.165, 1.54) is 0 Å². The molecule has 0 aliphatic carbocycles. The minimum atomic E-state index is -0.243. The Bertz CT molecular complexity index is 633. The first kappa shape index (κ1) is 15.5. The van der Waals surface area contributed by atoms with Crippen LogP contribution in [0.4, 0.5) is 0 Å². The van der Waals surface area contributed by atoms with E-state index in [1.54, 1.807) is 24.3 Å². The summed E-state index contributed by atoms with van der Waals surface area (Å²) in [6, 6.07) is 18.8. The minimum Gasteiger partial charge on any atom is -0.489 e. The number of hydrogen-bond donors (Lipinski definition) is 2. The number of nitrogens with one attached hydrogen (secondary N) is 2. The van der Waals surface area contributed by atoms with Crippen molar-refractivity contribution in [1.82, 2.24) is 10.9 Å². The third kappa shape index (κ3) is 4.93. The van der Waals surface area contributed by atoms with Gasteiger partial charge in [-0.05, 0) is 29.8 Å². The van der Waals surface area contributed by atoms with E-state index in [9.17, 15) is 4.79 Å². The van der Waals surface area contributed by atoms with Gasteiger partial charge in [-0.15, -0.1) is 0 Å². The van der Waals surface area contributed by atoms with Crippen molar-refractivity contribution in [1.29, 1.82) is 5.26 Å². The van der Waals surface area contributed by atoms with Crippen LogP contribution in [-0.4, -0.2) is 12.5 Å². The molecule has 0 aliphatic rings. The fraction of sp³-hybridized carbons (Fsp3) is 0.176. The zero-order chi connectivity index (χ0) is 15.6. The Balaban J connectivity index is 1.82. The Hall–Kier alpha value is -2.84. The summed E-state index contributed by atoms with van der Waals surface area (Å²) < 4.78 is 5.66. The van der Waals surface area contributed by atoms with Crippen LogP contribution in [0.1, 0.15) is 22.3 Å². The van der Waals surface area contributed by atoms with E-state index in [1.807, 2.05) is 36.4 Å². The molecule has 0 radical (unpaired) electrons. The van der Waals surface area contributed by atoms with Gasteiger partial charge < -0.3 is 4.74 Å². The molecule has 0 heterocycles. The standard InChI is InChI=1S/C17H17N3O2/c18-11-4-12-19-20-17(21)15-7-9-16(10-8-15)22-13-14-5-2-1-3-6-14/h1-3,5-10,19H,4,12-13H2,(H,20,21). The van der Waals surface area contributed by atoms with Gasteiger partial charge in [-0.2, -0.15) is 5.26 Å². The number of amides is 1. The molecule has 2 aromatic rings. The third-order valence-electron chi connectivity index (χ3n) is 2.93. The van der Waals surface area contributed by atoms with E-state index >= 15 is 0 Å². The van der Waals surface area contributed by atoms with E-state index in [0.29, 0.717) is 30.9 Å². The van der Waals surface area contributed by atoms with E-state index < -0.39 is 0 Å². The van der Waals surface area contributed by atoms with Crippen LogP contribution in [0.15, 0.2) is 54.6 Å². The van der Waals surface area contributed by atoms with Gasteiger partial charge in [-0.3, -0.25) is 10.2 Å². The zero-order valence-electron chi connectivity index (χ0n) is 12.1. The summed E-state index contributed by atoms with van der Waals surface area (Å²) in [5.74, 6) is 0.463. The SMILES string of the molecule is N#CCCNNC(=O)c1ccc(OCc2ccccc2)cc1. The predicted octanol–water partition coefficient (Wildman–Crippen LogP) is 2.41. The summed E-state index contributed by atoms with van der Waals surface area (Å²) in [4.78, 5) is 11.8. The molecule has 112 valence electrons. The number of ether oxygens (including phenoxy) is 1. The topological polar surface area (TPSA) is 74.2 Å². The van der Waals surface area contributed by atoms with Gasteiger partial charge in [0, 0.05) is 18.5 Å². The molecule has 5 heteroatoms. The van der Waals surface area contributed by atoms with Gasteiger partial charge in [0.2, 0.25) is 0 Å². The Kier molecular flexibility index (Phi) is 5.97. The summed E-state index contributed by atoms with van der Waals surface area (Å²) in [6.07, 6.45) is 0.340. The van der Waals surface area contributed by atoms with Crippen molar-refractivity contribution in [2.45, 2.75) is 13.0 Å². The molecule has 22 heavy (non-hydrogen) atoms. The van der Waals surface area contributed by atoms with Crippen LogP contribution in [-0.2, 0) is 6.61 Å². The van der Waals surface area contributed by atoms with Crippen LogP contribution in [0.3, 0.4) is 0 Å². The third-order valence-corrected chi connectivity index (χ3v) is 2.93. The molecular formula is C17H17N3O2. The van der Waals surface area contributed by atoms with Crippen LogP contribution < -0.4 is 15.6 Å². The lowest BCUT2D eigenvalue weighted by molar-refractivity contribution is 0.0933. The molecule has 0 aromatic heterocycles. The maximum atomic E-state index is 11.8. The fourth-order valence-corrected chi connectivity index (χ4v) is 1.78. The van der Waals surface area contributed by atoms with Gasteiger partial charge in [0.15, 0.2) is 0 Å². The lowest BCUT2D eigenvalue weighted by Gasteiger charge is -2.08. The van der Waals surface area contributed by atoms with Crippen molar-refractivity contribution < 1.29 is 9.53 Å². The number of hydrogen-bond acceptors (Lipinski definition) is 4. The molecule has 0 fully saturated rings. The van der Waals surface area contributed by atoms with Gasteiger partial charge in [0.1, 0.15) is 12.4 Å². The zero-order valence-corrected chi connectivity index (χ0v) is 12.1.